The molecule has 19 heavy (non-hydrogen) atoms. The van der Waals surface area contributed by atoms with Crippen LogP contribution in [0.25, 0.3) is 0 Å². The van der Waals surface area contributed by atoms with Gasteiger partial charge in [-0.2, -0.15) is 0 Å². The molecule has 1 aromatic carbocycles. The Labute approximate surface area is 120 Å². The minimum atomic E-state index is 0.571. The van der Waals surface area contributed by atoms with Crippen LogP contribution in [0.2, 0.25) is 0 Å². The molecule has 2 aliphatic rings. The summed E-state index contributed by atoms with van der Waals surface area (Å²) in [5.41, 5.74) is 2.55. The van der Waals surface area contributed by atoms with Gasteiger partial charge in [0, 0.05) is 11.4 Å². The van der Waals surface area contributed by atoms with Gasteiger partial charge in [-0.3, -0.25) is 4.99 Å². The molecule has 3 rings (SSSR count). The molecule has 0 aromatic heterocycles. The molecule has 1 aliphatic heterocycles. The Bertz CT molecular complexity index is 481. The van der Waals surface area contributed by atoms with Gasteiger partial charge in [0.2, 0.25) is 0 Å². The van der Waals surface area contributed by atoms with Gasteiger partial charge < -0.3 is 5.32 Å². The molecule has 0 bridgehead atoms. The zero-order valence-electron chi connectivity index (χ0n) is 11.7. The van der Waals surface area contributed by atoms with E-state index in [1.54, 1.807) is 0 Å². The van der Waals surface area contributed by atoms with Crippen LogP contribution in [0.3, 0.4) is 0 Å². The van der Waals surface area contributed by atoms with Gasteiger partial charge in [0.05, 0.1) is 6.04 Å². The number of amidine groups is 1. The number of nitrogens with one attached hydrogen (secondary N) is 1. The van der Waals surface area contributed by atoms with Gasteiger partial charge in [-0.25, -0.2) is 0 Å². The topological polar surface area (TPSA) is 24.4 Å². The van der Waals surface area contributed by atoms with E-state index in [0.717, 1.165) is 11.1 Å². The highest BCUT2D eigenvalue weighted by atomic mass is 32.2. The molecule has 1 saturated carbocycles. The Morgan fingerprint density at radius 1 is 1.32 bits per heavy atom. The zero-order chi connectivity index (χ0) is 13.2. The molecule has 0 spiro atoms. The monoisotopic (exact) mass is 274 g/mol. The number of nitrogens with zero attached hydrogens (tertiary/aromatic N) is 1. The largest absolute Gasteiger partial charge is 0.335 e. The van der Waals surface area contributed by atoms with E-state index in [1.807, 2.05) is 11.8 Å². The van der Waals surface area contributed by atoms with Gasteiger partial charge in [0.25, 0.3) is 0 Å². The number of hydrogen-bond donors (Lipinski definition) is 1. The fourth-order valence-electron chi connectivity index (χ4n) is 2.92. The van der Waals surface area contributed by atoms with Gasteiger partial charge in [0.15, 0.2) is 5.17 Å². The number of rotatable bonds is 2. The summed E-state index contributed by atoms with van der Waals surface area (Å²) in [5, 5.41) is 4.62. The van der Waals surface area contributed by atoms with E-state index in [0.29, 0.717) is 12.0 Å². The minimum Gasteiger partial charge on any atom is -0.335 e. The second kappa shape index (κ2) is 5.58. The van der Waals surface area contributed by atoms with Gasteiger partial charge in [0.1, 0.15) is 0 Å². The lowest BCUT2D eigenvalue weighted by Gasteiger charge is -2.23. The normalized spacial score (nSPS) is 26.2. The smallest absolute Gasteiger partial charge is 0.161 e. The molecule has 1 heterocycles. The van der Waals surface area contributed by atoms with Crippen molar-refractivity contribution in [2.75, 3.05) is 11.1 Å². The van der Waals surface area contributed by atoms with E-state index in [4.69, 9.17) is 4.99 Å². The molecule has 2 unspecified atom stereocenters. The maximum Gasteiger partial charge on any atom is 0.161 e. The third kappa shape index (κ3) is 2.97. The summed E-state index contributed by atoms with van der Waals surface area (Å²) in [7, 11) is 0. The first-order chi connectivity index (χ1) is 9.22. The van der Waals surface area contributed by atoms with Crippen LogP contribution in [0, 0.1) is 5.92 Å². The highest BCUT2D eigenvalue weighted by Crippen LogP contribution is 2.35. The Hall–Kier alpha value is -0.960. The van der Waals surface area contributed by atoms with Crippen LogP contribution in [0.1, 0.15) is 44.6 Å². The van der Waals surface area contributed by atoms with Crippen molar-refractivity contribution in [2.24, 2.45) is 10.9 Å². The van der Waals surface area contributed by atoms with E-state index in [9.17, 15) is 0 Å². The van der Waals surface area contributed by atoms with Gasteiger partial charge in [-0.15, -0.1) is 0 Å². The fourth-order valence-corrected chi connectivity index (χ4v) is 4.08. The van der Waals surface area contributed by atoms with Crippen LogP contribution in [0.4, 0.5) is 5.69 Å². The molecule has 102 valence electrons. The lowest BCUT2D eigenvalue weighted by Crippen LogP contribution is -2.25. The molecule has 0 saturated heterocycles. The summed E-state index contributed by atoms with van der Waals surface area (Å²) in [6, 6.07) is 9.28. The average Bonchev–Trinajstić information content (AvgIpc) is 2.86. The highest BCUT2D eigenvalue weighted by molar-refractivity contribution is 8.14. The Morgan fingerprint density at radius 2 is 2.21 bits per heavy atom. The first kappa shape index (κ1) is 13.0. The first-order valence-electron chi connectivity index (χ1n) is 7.30. The van der Waals surface area contributed by atoms with Gasteiger partial charge in [-0.1, -0.05) is 44.2 Å². The Balaban J connectivity index is 1.73. The van der Waals surface area contributed by atoms with Gasteiger partial charge in [-0.05, 0) is 42.4 Å². The summed E-state index contributed by atoms with van der Waals surface area (Å²) < 4.78 is 0. The number of hydrogen-bond acceptors (Lipinski definition) is 3. The predicted octanol–water partition coefficient (Wildman–Crippen LogP) is 4.49. The quantitative estimate of drug-likeness (QED) is 0.859. The molecule has 0 amide bonds. The number of benzene rings is 1. The maximum absolute atomic E-state index is 4.88. The number of fused-ring (bicyclic) bond motifs is 1. The minimum absolute atomic E-state index is 0.571. The standard InChI is InChI=1S/C16H22N2S/c1-11(2)12-5-3-7-14(9-12)17-16-18-15-8-4-6-13(15)10-19-16/h3,5,7,9,11,13,15H,4,6,8,10H2,1-2H3,(H,17,18). The lowest BCUT2D eigenvalue weighted by molar-refractivity contribution is 0.535. The van der Waals surface area contributed by atoms with Crippen LogP contribution in [0.15, 0.2) is 29.3 Å². The van der Waals surface area contributed by atoms with Gasteiger partial charge >= 0.3 is 0 Å². The summed E-state index contributed by atoms with van der Waals surface area (Å²) >= 11 is 1.89. The molecule has 1 fully saturated rings. The highest BCUT2D eigenvalue weighted by Gasteiger charge is 2.30. The SMILES string of the molecule is CC(C)c1cccc(NC2=NC3CCCC3CS2)c1. The maximum atomic E-state index is 4.88. The van der Waals surface area contributed by atoms with E-state index in [-0.39, 0.29) is 0 Å². The molecule has 0 radical (unpaired) electrons. The molecule has 2 nitrogen and oxygen atoms in total. The summed E-state index contributed by atoms with van der Waals surface area (Å²) in [6.07, 6.45) is 4.01. The molecular weight excluding hydrogens is 252 g/mol. The second-order valence-corrected chi connectivity index (χ2v) is 6.92. The molecule has 1 aliphatic carbocycles. The number of aliphatic imine (C=N–C) groups is 1. The van der Waals surface area contributed by atoms with Crippen LogP contribution < -0.4 is 5.32 Å². The first-order valence-corrected chi connectivity index (χ1v) is 8.28. The Morgan fingerprint density at radius 3 is 3.05 bits per heavy atom. The fraction of sp³-hybridized carbons (Fsp3) is 0.562. The van der Waals surface area contributed by atoms with Crippen molar-refractivity contribution in [3.05, 3.63) is 29.8 Å². The van der Waals surface area contributed by atoms with Crippen LogP contribution in [-0.2, 0) is 0 Å². The van der Waals surface area contributed by atoms with E-state index in [1.165, 1.54) is 36.3 Å². The number of anilines is 1. The second-order valence-electron chi connectivity index (χ2n) is 5.91. The molecule has 1 aromatic rings. The third-order valence-electron chi connectivity index (χ3n) is 4.14. The summed E-state index contributed by atoms with van der Waals surface area (Å²) in [5.74, 6) is 2.64. The van der Waals surface area contributed by atoms with E-state index in [2.05, 4.69) is 43.4 Å². The third-order valence-corrected chi connectivity index (χ3v) is 5.22. The molecule has 1 N–H and O–H groups in total. The molecule has 3 heteroatoms. The van der Waals surface area contributed by atoms with Crippen LogP contribution in [0.5, 0.6) is 0 Å². The van der Waals surface area contributed by atoms with Crippen molar-refractivity contribution in [3.63, 3.8) is 0 Å². The van der Waals surface area contributed by atoms with E-state index < -0.39 is 0 Å². The van der Waals surface area contributed by atoms with Crippen molar-refractivity contribution in [1.29, 1.82) is 0 Å². The van der Waals surface area contributed by atoms with Crippen LogP contribution >= 0.6 is 11.8 Å². The average molecular weight is 274 g/mol. The molecular formula is C16H22N2S. The summed E-state index contributed by atoms with van der Waals surface area (Å²) in [6.45, 7) is 4.46. The lowest BCUT2D eigenvalue weighted by atomic mass is 10.0. The zero-order valence-corrected chi connectivity index (χ0v) is 12.5. The van der Waals surface area contributed by atoms with Crippen molar-refractivity contribution in [3.8, 4) is 0 Å². The summed E-state index contributed by atoms with van der Waals surface area (Å²) in [4.78, 5) is 4.88. The van der Waals surface area contributed by atoms with Crippen molar-refractivity contribution in [1.82, 2.24) is 0 Å². The van der Waals surface area contributed by atoms with Crippen molar-refractivity contribution in [2.45, 2.75) is 45.1 Å². The van der Waals surface area contributed by atoms with E-state index >= 15 is 0 Å². The Kier molecular flexibility index (Phi) is 3.83. The predicted molar refractivity (Wildman–Crippen MR) is 85.2 cm³/mol. The molecule has 2 atom stereocenters. The van der Waals surface area contributed by atoms with Crippen LogP contribution in [-0.4, -0.2) is 17.0 Å². The van der Waals surface area contributed by atoms with Crippen molar-refractivity contribution < 1.29 is 0 Å². The van der Waals surface area contributed by atoms with Crippen molar-refractivity contribution >= 4 is 22.6 Å². The number of thioether (sulfide) groups is 1.